The van der Waals surface area contributed by atoms with Crippen LogP contribution in [0.3, 0.4) is 0 Å². The Morgan fingerprint density at radius 2 is 1.67 bits per heavy atom. The van der Waals surface area contributed by atoms with Crippen molar-refractivity contribution in [2.45, 2.75) is 45.8 Å². The molecule has 5 heteroatoms. The molecule has 0 unspecified atom stereocenters. The summed E-state index contributed by atoms with van der Waals surface area (Å²) in [6.07, 6.45) is 0. The normalized spacial score (nSPS) is 12.1. The number of hydrogen-bond donors (Lipinski definition) is 3. The molecule has 0 aliphatic rings. The van der Waals surface area contributed by atoms with E-state index in [1.54, 1.807) is 27.7 Å². The van der Waals surface area contributed by atoms with Crippen LogP contribution in [0, 0.1) is 0 Å². The molecule has 0 aromatic carbocycles. The molecule has 0 saturated heterocycles. The Kier molecular flexibility index (Phi) is 4.27. The van der Waals surface area contributed by atoms with Crippen LogP contribution in [0.25, 0.3) is 0 Å². The molecule has 0 atom stereocenters. The maximum atomic E-state index is 11.4. The summed E-state index contributed by atoms with van der Waals surface area (Å²) in [5.74, 6) is -0.580. The summed E-state index contributed by atoms with van der Waals surface area (Å²) in [4.78, 5) is 21.9. The van der Waals surface area contributed by atoms with Gasteiger partial charge in [-0.25, -0.2) is 0 Å². The van der Waals surface area contributed by atoms with E-state index in [1.807, 2.05) is 0 Å². The van der Waals surface area contributed by atoms with Crippen LogP contribution in [-0.4, -0.2) is 34.6 Å². The molecule has 0 aliphatic heterocycles. The highest BCUT2D eigenvalue weighted by atomic mass is 16.3. The van der Waals surface area contributed by atoms with Gasteiger partial charge in [0.2, 0.25) is 11.8 Å². The van der Waals surface area contributed by atoms with Crippen molar-refractivity contribution in [3.05, 3.63) is 0 Å². The van der Waals surface area contributed by atoms with Gasteiger partial charge < -0.3 is 15.7 Å². The largest absolute Gasteiger partial charge is 0.388 e. The van der Waals surface area contributed by atoms with Gasteiger partial charge in [0.15, 0.2) is 0 Å². The van der Waals surface area contributed by atoms with Gasteiger partial charge in [-0.3, -0.25) is 9.59 Å². The lowest BCUT2D eigenvalue weighted by atomic mass is 9.86. The van der Waals surface area contributed by atoms with E-state index in [1.165, 1.54) is 6.92 Å². The third-order valence-corrected chi connectivity index (χ3v) is 2.48. The molecule has 0 aliphatic carbocycles. The molecule has 0 fully saturated rings. The summed E-state index contributed by atoms with van der Waals surface area (Å²) in [5, 5.41) is 14.8. The minimum atomic E-state index is -1.03. The van der Waals surface area contributed by atoms with Crippen LogP contribution in [0.15, 0.2) is 0 Å². The highest BCUT2D eigenvalue weighted by Crippen LogP contribution is 2.19. The standard InChI is InChI=1S/C10H20N2O3/c1-7(13)11-6-8(14)12-9(2,3)10(4,5)15/h15H,6H2,1-5H3,(H,11,13)(H,12,14). The molecule has 0 bridgehead atoms. The van der Waals surface area contributed by atoms with E-state index < -0.39 is 11.1 Å². The molecule has 0 radical (unpaired) electrons. The molecule has 0 rings (SSSR count). The predicted octanol–water partition coefficient (Wildman–Crippen LogP) is -0.212. The van der Waals surface area contributed by atoms with Gasteiger partial charge in [-0.15, -0.1) is 0 Å². The monoisotopic (exact) mass is 216 g/mol. The lowest BCUT2D eigenvalue weighted by molar-refractivity contribution is -0.128. The first-order valence-corrected chi connectivity index (χ1v) is 4.84. The first-order chi connectivity index (χ1) is 6.56. The number of nitrogens with one attached hydrogen (secondary N) is 2. The molecule has 5 nitrogen and oxygen atoms in total. The smallest absolute Gasteiger partial charge is 0.239 e. The molecule has 0 aromatic rings. The van der Waals surface area contributed by atoms with Crippen LogP contribution in [0.1, 0.15) is 34.6 Å². The number of rotatable bonds is 4. The minimum absolute atomic E-state index is 0.0746. The van der Waals surface area contributed by atoms with Crippen LogP contribution in [0.2, 0.25) is 0 Å². The first kappa shape index (κ1) is 13.9. The molecule has 0 aromatic heterocycles. The average molecular weight is 216 g/mol. The second kappa shape index (κ2) is 4.61. The van der Waals surface area contributed by atoms with Crippen LogP contribution in [0.4, 0.5) is 0 Å². The summed E-state index contributed by atoms with van der Waals surface area (Å²) in [6, 6.07) is 0. The SMILES string of the molecule is CC(=O)NCC(=O)NC(C)(C)C(C)(C)O. The topological polar surface area (TPSA) is 78.4 Å². The van der Waals surface area contributed by atoms with Gasteiger partial charge in [0.1, 0.15) is 0 Å². The lowest BCUT2D eigenvalue weighted by Gasteiger charge is -2.37. The summed E-state index contributed by atoms with van der Waals surface area (Å²) in [6.45, 7) is 7.94. The fraction of sp³-hybridized carbons (Fsp3) is 0.800. The van der Waals surface area contributed by atoms with Crippen molar-refractivity contribution in [1.29, 1.82) is 0 Å². The van der Waals surface area contributed by atoms with E-state index in [2.05, 4.69) is 10.6 Å². The van der Waals surface area contributed by atoms with Gasteiger partial charge >= 0.3 is 0 Å². The molecule has 3 N–H and O–H groups in total. The predicted molar refractivity (Wildman–Crippen MR) is 57.2 cm³/mol. The van der Waals surface area contributed by atoms with E-state index in [0.717, 1.165) is 0 Å². The van der Waals surface area contributed by atoms with Crippen molar-refractivity contribution in [3.8, 4) is 0 Å². The van der Waals surface area contributed by atoms with E-state index >= 15 is 0 Å². The van der Waals surface area contributed by atoms with Crippen molar-refractivity contribution < 1.29 is 14.7 Å². The zero-order valence-corrected chi connectivity index (χ0v) is 9.97. The van der Waals surface area contributed by atoms with Crippen molar-refractivity contribution >= 4 is 11.8 Å². The fourth-order valence-electron chi connectivity index (χ4n) is 0.750. The zero-order chi connectivity index (χ0) is 12.3. The van der Waals surface area contributed by atoms with Crippen molar-refractivity contribution in [2.24, 2.45) is 0 Å². The van der Waals surface area contributed by atoms with Gasteiger partial charge in [0.25, 0.3) is 0 Å². The van der Waals surface area contributed by atoms with E-state index in [-0.39, 0.29) is 18.4 Å². The Bertz CT molecular complexity index is 254. The molecular weight excluding hydrogens is 196 g/mol. The molecule has 2 amide bonds. The maximum absolute atomic E-state index is 11.4. The van der Waals surface area contributed by atoms with E-state index in [9.17, 15) is 14.7 Å². The van der Waals surface area contributed by atoms with Gasteiger partial charge in [-0.1, -0.05) is 0 Å². The molecule has 0 spiro atoms. The number of carbonyl (C=O) groups is 2. The molecule has 0 heterocycles. The molecule has 15 heavy (non-hydrogen) atoms. The van der Waals surface area contributed by atoms with Gasteiger partial charge in [-0.2, -0.15) is 0 Å². The number of hydrogen-bond acceptors (Lipinski definition) is 3. The summed E-state index contributed by atoms with van der Waals surface area (Å²) in [5.41, 5.74) is -1.78. The Balaban J connectivity index is 4.23. The number of amides is 2. The number of aliphatic hydroxyl groups is 1. The quantitative estimate of drug-likeness (QED) is 0.608. The first-order valence-electron chi connectivity index (χ1n) is 4.84. The molecule has 88 valence electrons. The Morgan fingerprint density at radius 1 is 1.20 bits per heavy atom. The van der Waals surface area contributed by atoms with E-state index in [4.69, 9.17) is 0 Å². The van der Waals surface area contributed by atoms with Crippen molar-refractivity contribution in [1.82, 2.24) is 10.6 Å². The van der Waals surface area contributed by atoms with Gasteiger partial charge in [0, 0.05) is 6.92 Å². The maximum Gasteiger partial charge on any atom is 0.239 e. The third-order valence-electron chi connectivity index (χ3n) is 2.48. The number of carbonyl (C=O) groups excluding carboxylic acids is 2. The Hall–Kier alpha value is -1.10. The highest BCUT2D eigenvalue weighted by molar-refractivity contribution is 5.84. The lowest BCUT2D eigenvalue weighted by Crippen LogP contribution is -2.59. The van der Waals surface area contributed by atoms with Crippen LogP contribution >= 0.6 is 0 Å². The van der Waals surface area contributed by atoms with Gasteiger partial charge in [0.05, 0.1) is 17.7 Å². The second-order valence-electron chi connectivity index (χ2n) is 4.64. The third kappa shape index (κ3) is 4.78. The second-order valence-corrected chi connectivity index (χ2v) is 4.64. The Morgan fingerprint density at radius 3 is 2.00 bits per heavy atom. The molecular formula is C10H20N2O3. The van der Waals surface area contributed by atoms with Gasteiger partial charge in [-0.05, 0) is 27.7 Å². The summed E-state index contributed by atoms with van der Waals surface area (Å²) >= 11 is 0. The highest BCUT2D eigenvalue weighted by Gasteiger charge is 2.36. The summed E-state index contributed by atoms with van der Waals surface area (Å²) in [7, 11) is 0. The van der Waals surface area contributed by atoms with Crippen LogP contribution in [-0.2, 0) is 9.59 Å². The van der Waals surface area contributed by atoms with Crippen LogP contribution < -0.4 is 10.6 Å². The van der Waals surface area contributed by atoms with Crippen molar-refractivity contribution in [3.63, 3.8) is 0 Å². The zero-order valence-electron chi connectivity index (χ0n) is 9.97. The van der Waals surface area contributed by atoms with E-state index in [0.29, 0.717) is 0 Å². The molecule has 0 saturated carbocycles. The minimum Gasteiger partial charge on any atom is -0.388 e. The Labute approximate surface area is 90.2 Å². The van der Waals surface area contributed by atoms with Crippen molar-refractivity contribution in [2.75, 3.05) is 6.54 Å². The average Bonchev–Trinajstić information content (AvgIpc) is 1.97. The fourth-order valence-corrected chi connectivity index (χ4v) is 0.750. The van der Waals surface area contributed by atoms with Crippen LogP contribution in [0.5, 0.6) is 0 Å². The summed E-state index contributed by atoms with van der Waals surface area (Å²) < 4.78 is 0.